The fourth-order valence-electron chi connectivity index (χ4n) is 0.963. The number of nitrogens with one attached hydrogen (secondary N) is 1. The number of anilines is 1. The van der Waals surface area contributed by atoms with Crippen LogP contribution in [0, 0.1) is 0 Å². The van der Waals surface area contributed by atoms with Crippen LogP contribution in [0.1, 0.15) is 0 Å². The lowest BCUT2D eigenvalue weighted by atomic mass is 10.3. The zero-order valence-corrected chi connectivity index (χ0v) is 11.6. The summed E-state index contributed by atoms with van der Waals surface area (Å²) < 4.78 is 29.2. The number of rotatable bonds is 3. The van der Waals surface area contributed by atoms with Gasteiger partial charge in [-0.1, -0.05) is 0 Å². The molecule has 0 radical (unpaired) electrons. The summed E-state index contributed by atoms with van der Waals surface area (Å²) in [5, 5.41) is 2.77. The maximum atomic E-state index is 12.0. The highest BCUT2D eigenvalue weighted by molar-refractivity contribution is 9.11. The minimum atomic E-state index is -2.87. The third kappa shape index (κ3) is 3.84. The number of hydrogen-bond acceptors (Lipinski definition) is 2. The van der Waals surface area contributed by atoms with E-state index in [0.29, 0.717) is 14.6 Å². The Bertz CT molecular complexity index is 394. The molecule has 8 heteroatoms. The van der Waals surface area contributed by atoms with Crippen molar-refractivity contribution in [2.24, 2.45) is 5.73 Å². The summed E-state index contributed by atoms with van der Waals surface area (Å²) in [6.45, 7) is -2.87. The fraction of sp³-hybridized carbons (Fsp3) is 0.125. The molecule has 0 aliphatic carbocycles. The Labute approximate surface area is 113 Å². The van der Waals surface area contributed by atoms with Crippen molar-refractivity contribution in [2.45, 2.75) is 6.61 Å². The first kappa shape index (κ1) is 13.6. The van der Waals surface area contributed by atoms with E-state index in [9.17, 15) is 8.78 Å². The van der Waals surface area contributed by atoms with Crippen LogP contribution in [0.2, 0.25) is 0 Å². The first-order valence-corrected chi connectivity index (χ1v) is 5.90. The van der Waals surface area contributed by atoms with Crippen LogP contribution < -0.4 is 15.8 Å². The van der Waals surface area contributed by atoms with Gasteiger partial charge in [-0.15, -0.1) is 0 Å². The molecule has 0 saturated carbocycles. The van der Waals surface area contributed by atoms with Crippen LogP contribution in [-0.2, 0) is 0 Å². The Balaban J connectivity index is 3.02. The van der Waals surface area contributed by atoms with Gasteiger partial charge in [0.1, 0.15) is 5.75 Å². The van der Waals surface area contributed by atoms with Crippen molar-refractivity contribution in [3.8, 4) is 5.75 Å². The number of ether oxygens (including phenoxy) is 1. The quantitative estimate of drug-likeness (QED) is 0.794. The summed E-state index contributed by atoms with van der Waals surface area (Å²) in [6.07, 6.45) is 0. The lowest BCUT2D eigenvalue weighted by Crippen LogP contribution is -2.19. The molecule has 0 atom stereocenters. The molecule has 0 spiro atoms. The van der Waals surface area contributed by atoms with Crippen molar-refractivity contribution in [2.75, 3.05) is 5.32 Å². The van der Waals surface area contributed by atoms with E-state index >= 15 is 0 Å². The summed E-state index contributed by atoms with van der Waals surface area (Å²) in [4.78, 5) is 0. The second-order valence-electron chi connectivity index (χ2n) is 2.63. The van der Waals surface area contributed by atoms with E-state index < -0.39 is 6.61 Å². The number of benzene rings is 1. The Morgan fingerprint density at radius 2 is 1.88 bits per heavy atom. The van der Waals surface area contributed by atoms with Gasteiger partial charge in [0.15, 0.2) is 5.11 Å². The summed E-state index contributed by atoms with van der Waals surface area (Å²) in [5.74, 6) is 0.0299. The van der Waals surface area contributed by atoms with Crippen LogP contribution in [0.4, 0.5) is 14.5 Å². The average molecular weight is 376 g/mol. The van der Waals surface area contributed by atoms with Gasteiger partial charge in [-0.05, 0) is 56.2 Å². The number of thiocarbonyl (C=S) groups is 1. The van der Waals surface area contributed by atoms with Crippen LogP contribution in [0.5, 0.6) is 5.75 Å². The molecule has 16 heavy (non-hydrogen) atoms. The molecule has 1 rings (SSSR count). The molecule has 1 aromatic carbocycles. The largest absolute Gasteiger partial charge is 0.435 e. The minimum absolute atomic E-state index is 0.0299. The fourth-order valence-corrected chi connectivity index (χ4v) is 2.41. The van der Waals surface area contributed by atoms with Gasteiger partial charge in [-0.2, -0.15) is 8.78 Å². The van der Waals surface area contributed by atoms with Gasteiger partial charge in [0.2, 0.25) is 0 Å². The zero-order valence-electron chi connectivity index (χ0n) is 7.64. The highest BCUT2D eigenvalue weighted by Gasteiger charge is 2.11. The van der Waals surface area contributed by atoms with Crippen LogP contribution >= 0.6 is 44.1 Å². The summed E-state index contributed by atoms with van der Waals surface area (Å²) >= 11 is 11.0. The van der Waals surface area contributed by atoms with Crippen molar-refractivity contribution in [3.63, 3.8) is 0 Å². The van der Waals surface area contributed by atoms with E-state index in [1.165, 1.54) is 12.1 Å². The van der Waals surface area contributed by atoms with Gasteiger partial charge in [-0.3, -0.25) is 0 Å². The minimum Gasteiger partial charge on any atom is -0.435 e. The van der Waals surface area contributed by atoms with E-state index in [-0.39, 0.29) is 10.9 Å². The standard InChI is InChI=1S/C8H6Br2F2N2OS/c9-4-1-3(15-7(11)12)2-5(10)6(4)14-8(13)16/h1-2,7H,(H3,13,14,16). The smallest absolute Gasteiger partial charge is 0.387 e. The molecule has 88 valence electrons. The number of alkyl halides is 2. The van der Waals surface area contributed by atoms with Gasteiger partial charge < -0.3 is 15.8 Å². The maximum absolute atomic E-state index is 12.0. The predicted octanol–water partition coefficient (Wildman–Crippen LogP) is 3.47. The molecule has 0 saturated heterocycles. The van der Waals surface area contributed by atoms with Gasteiger partial charge in [0.05, 0.1) is 5.69 Å². The molecular formula is C8H6Br2F2N2OS. The second-order valence-corrected chi connectivity index (χ2v) is 4.78. The predicted molar refractivity (Wildman–Crippen MR) is 68.9 cm³/mol. The van der Waals surface area contributed by atoms with Crippen molar-refractivity contribution in [3.05, 3.63) is 21.1 Å². The maximum Gasteiger partial charge on any atom is 0.387 e. The zero-order chi connectivity index (χ0) is 12.3. The molecule has 0 bridgehead atoms. The third-order valence-electron chi connectivity index (χ3n) is 1.49. The van der Waals surface area contributed by atoms with E-state index in [1.807, 2.05) is 0 Å². The van der Waals surface area contributed by atoms with Crippen molar-refractivity contribution >= 4 is 54.9 Å². The summed E-state index contributed by atoms with van der Waals surface area (Å²) in [7, 11) is 0. The van der Waals surface area contributed by atoms with Crippen molar-refractivity contribution in [1.29, 1.82) is 0 Å². The molecule has 1 aromatic rings. The monoisotopic (exact) mass is 374 g/mol. The molecule has 3 nitrogen and oxygen atoms in total. The number of nitrogens with two attached hydrogens (primary N) is 1. The van der Waals surface area contributed by atoms with Gasteiger partial charge in [0, 0.05) is 8.95 Å². The Morgan fingerprint density at radius 1 is 1.38 bits per heavy atom. The molecular weight excluding hydrogens is 370 g/mol. The highest BCUT2D eigenvalue weighted by atomic mass is 79.9. The number of halogens is 4. The molecule has 0 unspecified atom stereocenters. The topological polar surface area (TPSA) is 47.3 Å². The van der Waals surface area contributed by atoms with E-state index in [2.05, 4.69) is 54.1 Å². The lowest BCUT2D eigenvalue weighted by molar-refractivity contribution is -0.0499. The summed E-state index contributed by atoms with van der Waals surface area (Å²) in [5.41, 5.74) is 5.86. The van der Waals surface area contributed by atoms with Crippen molar-refractivity contribution in [1.82, 2.24) is 0 Å². The molecule has 0 amide bonds. The second kappa shape index (κ2) is 5.74. The molecule has 0 aliphatic rings. The Kier molecular flexibility index (Phi) is 4.88. The van der Waals surface area contributed by atoms with Crippen molar-refractivity contribution < 1.29 is 13.5 Å². The van der Waals surface area contributed by atoms with E-state index in [4.69, 9.17) is 5.73 Å². The molecule has 0 fully saturated rings. The van der Waals surface area contributed by atoms with Crippen LogP contribution in [0.25, 0.3) is 0 Å². The van der Waals surface area contributed by atoms with Gasteiger partial charge in [-0.25, -0.2) is 0 Å². The normalized spacial score (nSPS) is 10.3. The molecule has 0 aromatic heterocycles. The molecule has 0 aliphatic heterocycles. The average Bonchev–Trinajstić information content (AvgIpc) is 2.10. The van der Waals surface area contributed by atoms with Crippen LogP contribution in [0.15, 0.2) is 21.1 Å². The first-order chi connectivity index (χ1) is 7.40. The lowest BCUT2D eigenvalue weighted by Gasteiger charge is -2.12. The van der Waals surface area contributed by atoms with Crippen LogP contribution in [0.3, 0.4) is 0 Å². The van der Waals surface area contributed by atoms with Crippen LogP contribution in [-0.4, -0.2) is 11.7 Å². The Morgan fingerprint density at radius 3 is 2.25 bits per heavy atom. The van der Waals surface area contributed by atoms with Gasteiger partial charge in [0.25, 0.3) is 0 Å². The summed E-state index contributed by atoms with van der Waals surface area (Å²) in [6, 6.07) is 2.77. The highest BCUT2D eigenvalue weighted by Crippen LogP contribution is 2.35. The SMILES string of the molecule is NC(=S)Nc1c(Br)cc(OC(F)F)cc1Br. The Hall–Kier alpha value is -0.470. The first-order valence-electron chi connectivity index (χ1n) is 3.90. The van der Waals surface area contributed by atoms with E-state index in [0.717, 1.165) is 0 Å². The third-order valence-corrected chi connectivity index (χ3v) is 2.84. The molecule has 3 N–H and O–H groups in total. The number of hydrogen-bond donors (Lipinski definition) is 2. The van der Waals surface area contributed by atoms with E-state index in [1.54, 1.807) is 0 Å². The van der Waals surface area contributed by atoms with Gasteiger partial charge >= 0.3 is 6.61 Å². The molecule has 0 heterocycles.